The lowest BCUT2D eigenvalue weighted by molar-refractivity contribution is -0.136. The third-order valence-electron chi connectivity index (χ3n) is 4.90. The molecule has 1 aromatic heterocycles. The van der Waals surface area contributed by atoms with Gasteiger partial charge in [0, 0.05) is 38.8 Å². The summed E-state index contributed by atoms with van der Waals surface area (Å²) < 4.78 is 38.1. The monoisotopic (exact) mass is 376 g/mol. The Kier molecular flexibility index (Phi) is 5.52. The molecule has 2 aliphatic heterocycles. The van der Waals surface area contributed by atoms with Crippen molar-refractivity contribution in [1.82, 2.24) is 14.8 Å². The molecule has 1 amide bonds. The second kappa shape index (κ2) is 7.49. The predicted molar refractivity (Wildman–Crippen MR) is 90.8 cm³/mol. The minimum atomic E-state index is -4.34. The number of piperazine rings is 1. The largest absolute Gasteiger partial charge is 0.427 e. The standard InChI is InChI=1S/C16H23F3N4OS/c1-12-4-2-3-5-23(12)14(24)11-21-6-8-22(9-7-21)15-20-10-13(25-15)16(17,18)19/h10,12H,2-9,11H2,1H3. The maximum absolute atomic E-state index is 12.7. The van der Waals surface area contributed by atoms with Crippen LogP contribution in [0.3, 0.4) is 0 Å². The molecule has 1 unspecified atom stereocenters. The van der Waals surface area contributed by atoms with Gasteiger partial charge in [0.2, 0.25) is 5.91 Å². The molecule has 5 nitrogen and oxygen atoms in total. The first-order valence-corrected chi connectivity index (χ1v) is 9.46. The lowest BCUT2D eigenvalue weighted by atomic mass is 10.0. The Balaban J connectivity index is 1.50. The third-order valence-corrected chi connectivity index (χ3v) is 6.00. The third kappa shape index (κ3) is 4.44. The Morgan fingerprint density at radius 2 is 1.96 bits per heavy atom. The van der Waals surface area contributed by atoms with E-state index < -0.39 is 11.1 Å². The quantitative estimate of drug-likeness (QED) is 0.813. The minimum Gasteiger partial charge on any atom is -0.346 e. The molecule has 1 aromatic rings. The van der Waals surface area contributed by atoms with Gasteiger partial charge in [0.25, 0.3) is 0 Å². The first-order valence-electron chi connectivity index (χ1n) is 8.64. The van der Waals surface area contributed by atoms with Gasteiger partial charge in [-0.1, -0.05) is 11.3 Å². The summed E-state index contributed by atoms with van der Waals surface area (Å²) in [5.74, 6) is 0.161. The second-order valence-corrected chi connectivity index (χ2v) is 7.71. The maximum Gasteiger partial charge on any atom is 0.427 e. The van der Waals surface area contributed by atoms with E-state index in [0.29, 0.717) is 55.2 Å². The van der Waals surface area contributed by atoms with E-state index in [1.54, 1.807) is 0 Å². The molecule has 2 aliphatic rings. The number of hydrogen-bond acceptors (Lipinski definition) is 5. The summed E-state index contributed by atoms with van der Waals surface area (Å²) in [6, 6.07) is 0.304. The molecule has 25 heavy (non-hydrogen) atoms. The van der Waals surface area contributed by atoms with E-state index in [4.69, 9.17) is 0 Å². The maximum atomic E-state index is 12.7. The van der Waals surface area contributed by atoms with Crippen LogP contribution in [0.2, 0.25) is 0 Å². The van der Waals surface area contributed by atoms with Crippen molar-refractivity contribution < 1.29 is 18.0 Å². The van der Waals surface area contributed by atoms with Gasteiger partial charge in [-0.2, -0.15) is 13.2 Å². The van der Waals surface area contributed by atoms with Crippen molar-refractivity contribution in [2.75, 3.05) is 44.2 Å². The van der Waals surface area contributed by atoms with E-state index >= 15 is 0 Å². The predicted octanol–water partition coefficient (Wildman–Crippen LogP) is 2.68. The number of rotatable bonds is 3. The normalized spacial score (nSPS) is 23.1. The molecule has 3 heterocycles. The summed E-state index contributed by atoms with van der Waals surface area (Å²) in [5.41, 5.74) is 0. The van der Waals surface area contributed by atoms with Crippen LogP contribution in [-0.2, 0) is 11.0 Å². The summed E-state index contributed by atoms with van der Waals surface area (Å²) in [5, 5.41) is 0.406. The second-order valence-electron chi connectivity index (χ2n) is 6.70. The van der Waals surface area contributed by atoms with Crippen molar-refractivity contribution in [2.24, 2.45) is 0 Å². The Bertz CT molecular complexity index is 598. The molecule has 0 spiro atoms. The molecule has 0 aliphatic carbocycles. The van der Waals surface area contributed by atoms with E-state index in [2.05, 4.69) is 16.8 Å². The number of aromatic nitrogens is 1. The van der Waals surface area contributed by atoms with E-state index in [1.807, 2.05) is 9.80 Å². The van der Waals surface area contributed by atoms with Crippen molar-refractivity contribution in [3.8, 4) is 0 Å². The van der Waals surface area contributed by atoms with Gasteiger partial charge >= 0.3 is 6.18 Å². The van der Waals surface area contributed by atoms with E-state index in [1.165, 1.54) is 6.42 Å². The molecule has 140 valence electrons. The molecular formula is C16H23F3N4OS. The molecule has 2 saturated heterocycles. The average molecular weight is 376 g/mol. The zero-order valence-corrected chi connectivity index (χ0v) is 15.1. The fraction of sp³-hybridized carbons (Fsp3) is 0.750. The van der Waals surface area contributed by atoms with E-state index in [-0.39, 0.29) is 5.91 Å². The van der Waals surface area contributed by atoms with Gasteiger partial charge in [-0.05, 0) is 26.2 Å². The number of alkyl halides is 3. The summed E-state index contributed by atoms with van der Waals surface area (Å²) in [7, 11) is 0. The number of piperidine rings is 1. The fourth-order valence-corrected chi connectivity index (χ4v) is 4.23. The molecular weight excluding hydrogens is 353 g/mol. The molecule has 0 bridgehead atoms. The van der Waals surface area contributed by atoms with E-state index in [0.717, 1.165) is 25.6 Å². The van der Waals surface area contributed by atoms with Crippen molar-refractivity contribution in [1.29, 1.82) is 0 Å². The smallest absolute Gasteiger partial charge is 0.346 e. The van der Waals surface area contributed by atoms with Crippen molar-refractivity contribution in [2.45, 2.75) is 38.4 Å². The highest BCUT2D eigenvalue weighted by molar-refractivity contribution is 7.15. The number of nitrogens with zero attached hydrogens (tertiary/aromatic N) is 4. The Morgan fingerprint density at radius 1 is 1.24 bits per heavy atom. The number of anilines is 1. The first-order chi connectivity index (χ1) is 11.8. The lowest BCUT2D eigenvalue weighted by Crippen LogP contribution is -2.52. The van der Waals surface area contributed by atoms with Crippen LogP contribution in [0.15, 0.2) is 6.20 Å². The molecule has 1 atom stereocenters. The first kappa shape index (κ1) is 18.4. The number of hydrogen-bond donors (Lipinski definition) is 0. The van der Waals surface area contributed by atoms with Crippen LogP contribution in [0.25, 0.3) is 0 Å². The molecule has 9 heteroatoms. The number of halogens is 3. The number of thiazole rings is 1. The lowest BCUT2D eigenvalue weighted by Gasteiger charge is -2.38. The van der Waals surface area contributed by atoms with Crippen LogP contribution < -0.4 is 4.90 Å². The van der Waals surface area contributed by atoms with Gasteiger partial charge in [0.1, 0.15) is 4.88 Å². The van der Waals surface area contributed by atoms with Crippen molar-refractivity contribution in [3.63, 3.8) is 0 Å². The number of carbonyl (C=O) groups excluding carboxylic acids is 1. The number of carbonyl (C=O) groups is 1. The molecule has 3 rings (SSSR count). The molecule has 0 aromatic carbocycles. The Labute approximate surface area is 149 Å². The molecule has 0 N–H and O–H groups in total. The van der Waals surface area contributed by atoms with Crippen LogP contribution in [-0.4, -0.2) is 66.0 Å². The van der Waals surface area contributed by atoms with Crippen molar-refractivity contribution in [3.05, 3.63) is 11.1 Å². The van der Waals surface area contributed by atoms with Gasteiger partial charge in [-0.3, -0.25) is 9.69 Å². The Hall–Kier alpha value is -1.35. The summed E-state index contributed by atoms with van der Waals surface area (Å²) >= 11 is 0.681. The van der Waals surface area contributed by atoms with Crippen LogP contribution in [0.5, 0.6) is 0 Å². The average Bonchev–Trinajstić information content (AvgIpc) is 3.06. The zero-order valence-electron chi connectivity index (χ0n) is 14.3. The van der Waals surface area contributed by atoms with Gasteiger partial charge < -0.3 is 9.80 Å². The number of likely N-dealkylation sites (tertiary alicyclic amines) is 1. The summed E-state index contributed by atoms with van der Waals surface area (Å²) in [6.07, 6.45) is -0.138. The topological polar surface area (TPSA) is 39.7 Å². The van der Waals surface area contributed by atoms with Gasteiger partial charge in [-0.25, -0.2) is 4.98 Å². The fourth-order valence-electron chi connectivity index (χ4n) is 3.39. The summed E-state index contributed by atoms with van der Waals surface area (Å²) in [6.45, 7) is 5.82. The van der Waals surface area contributed by atoms with Gasteiger partial charge in [0.15, 0.2) is 5.13 Å². The van der Waals surface area contributed by atoms with Crippen molar-refractivity contribution >= 4 is 22.4 Å². The van der Waals surface area contributed by atoms with Crippen LogP contribution in [0, 0.1) is 0 Å². The SMILES string of the molecule is CC1CCCCN1C(=O)CN1CCN(c2ncc(C(F)(F)F)s2)CC1. The summed E-state index contributed by atoms with van der Waals surface area (Å²) in [4.78, 5) is 21.6. The van der Waals surface area contributed by atoms with Crippen LogP contribution >= 0.6 is 11.3 Å². The molecule has 2 fully saturated rings. The highest BCUT2D eigenvalue weighted by Crippen LogP contribution is 2.36. The minimum absolute atomic E-state index is 0.161. The van der Waals surface area contributed by atoms with Gasteiger partial charge in [0.05, 0.1) is 12.7 Å². The highest BCUT2D eigenvalue weighted by atomic mass is 32.1. The zero-order chi connectivity index (χ0) is 18.0. The Morgan fingerprint density at radius 3 is 2.56 bits per heavy atom. The molecule has 0 saturated carbocycles. The number of amides is 1. The molecule has 0 radical (unpaired) electrons. The van der Waals surface area contributed by atoms with Crippen LogP contribution in [0.4, 0.5) is 18.3 Å². The van der Waals surface area contributed by atoms with Gasteiger partial charge in [-0.15, -0.1) is 0 Å². The van der Waals surface area contributed by atoms with Crippen LogP contribution in [0.1, 0.15) is 31.1 Å². The highest BCUT2D eigenvalue weighted by Gasteiger charge is 2.34. The van der Waals surface area contributed by atoms with E-state index in [9.17, 15) is 18.0 Å².